The molecular formula is C16H16ClNO4. The van der Waals surface area contributed by atoms with Crippen LogP contribution in [-0.2, 0) is 9.59 Å². The standard InChI is InChI=1S/C16H16ClNO4/c1-9-6-18(7-13(9)16(20)21)15(19)11-4-10-5-12(17)2-3-14(10)22-8-11/h2-5,9,13H,6-8H2,1H3,(H,20,21)/t9-,13-/m1/s1. The lowest BCUT2D eigenvalue weighted by atomic mass is 9.99. The Hall–Kier alpha value is -2.01. The highest BCUT2D eigenvalue weighted by Crippen LogP contribution is 2.31. The Morgan fingerprint density at radius 2 is 2.14 bits per heavy atom. The predicted molar refractivity (Wildman–Crippen MR) is 81.8 cm³/mol. The number of carbonyl (C=O) groups excluding carboxylic acids is 1. The van der Waals surface area contributed by atoms with Crippen LogP contribution < -0.4 is 4.74 Å². The zero-order valence-corrected chi connectivity index (χ0v) is 12.8. The van der Waals surface area contributed by atoms with Crippen molar-refractivity contribution in [1.29, 1.82) is 0 Å². The van der Waals surface area contributed by atoms with Gasteiger partial charge >= 0.3 is 5.97 Å². The number of hydrogen-bond acceptors (Lipinski definition) is 3. The Bertz CT molecular complexity index is 670. The van der Waals surface area contributed by atoms with Crippen LogP contribution in [0.1, 0.15) is 12.5 Å². The molecule has 5 nitrogen and oxygen atoms in total. The van der Waals surface area contributed by atoms with E-state index in [1.54, 1.807) is 29.2 Å². The van der Waals surface area contributed by atoms with E-state index in [9.17, 15) is 9.59 Å². The number of carboxylic acids is 1. The van der Waals surface area contributed by atoms with Gasteiger partial charge in [0.05, 0.1) is 11.5 Å². The summed E-state index contributed by atoms with van der Waals surface area (Å²) in [5.41, 5.74) is 1.29. The summed E-state index contributed by atoms with van der Waals surface area (Å²) in [4.78, 5) is 25.3. The van der Waals surface area contributed by atoms with Crippen molar-refractivity contribution in [2.24, 2.45) is 11.8 Å². The van der Waals surface area contributed by atoms with Crippen molar-refractivity contribution in [3.8, 4) is 5.75 Å². The van der Waals surface area contributed by atoms with Gasteiger partial charge in [-0.15, -0.1) is 0 Å². The second-order valence-corrected chi connectivity index (χ2v) is 6.21. The Morgan fingerprint density at radius 3 is 2.82 bits per heavy atom. The van der Waals surface area contributed by atoms with Gasteiger partial charge in [0.1, 0.15) is 12.4 Å². The van der Waals surface area contributed by atoms with Crippen LogP contribution in [0.3, 0.4) is 0 Å². The summed E-state index contributed by atoms with van der Waals surface area (Å²) >= 11 is 5.96. The van der Waals surface area contributed by atoms with Gasteiger partial charge in [-0.25, -0.2) is 0 Å². The first-order chi connectivity index (χ1) is 10.5. The highest BCUT2D eigenvalue weighted by Gasteiger charge is 2.38. The number of amides is 1. The van der Waals surface area contributed by atoms with E-state index in [4.69, 9.17) is 21.4 Å². The lowest BCUT2D eigenvalue weighted by molar-refractivity contribution is -0.142. The number of hydrogen-bond donors (Lipinski definition) is 1. The second kappa shape index (κ2) is 5.65. The zero-order chi connectivity index (χ0) is 15.9. The molecule has 0 radical (unpaired) electrons. The van der Waals surface area contributed by atoms with E-state index in [2.05, 4.69) is 0 Å². The van der Waals surface area contributed by atoms with E-state index in [-0.39, 0.29) is 25.0 Å². The SMILES string of the molecule is C[C@@H]1CN(C(=O)C2=Cc3cc(Cl)ccc3OC2)C[C@H]1C(=O)O. The van der Waals surface area contributed by atoms with Gasteiger partial charge in [0.2, 0.25) is 0 Å². The molecule has 2 atom stereocenters. The van der Waals surface area contributed by atoms with Gasteiger partial charge in [-0.05, 0) is 30.2 Å². The molecule has 0 spiro atoms. The first kappa shape index (κ1) is 14.9. The number of nitrogens with zero attached hydrogens (tertiary/aromatic N) is 1. The molecule has 0 unspecified atom stereocenters. The summed E-state index contributed by atoms with van der Waals surface area (Å²) in [5, 5.41) is 9.74. The minimum Gasteiger partial charge on any atom is -0.488 e. The molecule has 0 bridgehead atoms. The zero-order valence-electron chi connectivity index (χ0n) is 12.1. The minimum absolute atomic E-state index is 0.0479. The number of benzene rings is 1. The predicted octanol–water partition coefficient (Wildman–Crippen LogP) is 2.29. The molecule has 2 heterocycles. The average Bonchev–Trinajstić information content (AvgIpc) is 2.88. The molecule has 1 aromatic carbocycles. The monoisotopic (exact) mass is 321 g/mol. The van der Waals surface area contributed by atoms with Crippen molar-refractivity contribution in [2.45, 2.75) is 6.92 Å². The van der Waals surface area contributed by atoms with Crippen molar-refractivity contribution in [2.75, 3.05) is 19.7 Å². The van der Waals surface area contributed by atoms with E-state index >= 15 is 0 Å². The Labute approximate surface area is 133 Å². The van der Waals surface area contributed by atoms with E-state index in [0.717, 1.165) is 5.56 Å². The minimum atomic E-state index is -0.853. The fraction of sp³-hybridized carbons (Fsp3) is 0.375. The molecule has 1 aromatic rings. The molecule has 2 aliphatic heterocycles. The molecular weight excluding hydrogens is 306 g/mol. The lowest BCUT2D eigenvalue weighted by Gasteiger charge is -2.22. The van der Waals surface area contributed by atoms with Crippen molar-refractivity contribution in [3.63, 3.8) is 0 Å². The Morgan fingerprint density at radius 1 is 1.36 bits per heavy atom. The highest BCUT2D eigenvalue weighted by atomic mass is 35.5. The first-order valence-corrected chi connectivity index (χ1v) is 7.48. The van der Waals surface area contributed by atoms with Gasteiger partial charge in [-0.2, -0.15) is 0 Å². The summed E-state index contributed by atoms with van der Waals surface area (Å²) in [5.74, 6) is -0.877. The average molecular weight is 322 g/mol. The van der Waals surface area contributed by atoms with Gasteiger partial charge in [0, 0.05) is 23.7 Å². The normalized spacial score (nSPS) is 23.5. The number of aliphatic carboxylic acids is 1. The van der Waals surface area contributed by atoms with Crippen LogP contribution in [0.5, 0.6) is 5.75 Å². The highest BCUT2D eigenvalue weighted by molar-refractivity contribution is 6.30. The van der Waals surface area contributed by atoms with Crippen molar-refractivity contribution < 1.29 is 19.4 Å². The molecule has 22 heavy (non-hydrogen) atoms. The van der Waals surface area contributed by atoms with E-state index < -0.39 is 11.9 Å². The molecule has 116 valence electrons. The maximum Gasteiger partial charge on any atom is 0.308 e. The maximum atomic E-state index is 12.6. The number of fused-ring (bicyclic) bond motifs is 1. The number of carbonyl (C=O) groups is 2. The molecule has 0 aliphatic carbocycles. The second-order valence-electron chi connectivity index (χ2n) is 5.77. The van der Waals surface area contributed by atoms with Crippen LogP contribution in [0.15, 0.2) is 23.8 Å². The number of carboxylic acid groups (broad SMARTS) is 1. The topological polar surface area (TPSA) is 66.8 Å². The largest absolute Gasteiger partial charge is 0.488 e. The molecule has 0 aromatic heterocycles. The summed E-state index contributed by atoms with van der Waals surface area (Å²) in [6, 6.07) is 5.25. The van der Waals surface area contributed by atoms with E-state index in [0.29, 0.717) is 22.9 Å². The third-order valence-electron chi connectivity index (χ3n) is 4.18. The van der Waals surface area contributed by atoms with Crippen LogP contribution in [0.4, 0.5) is 0 Å². The number of halogens is 1. The van der Waals surface area contributed by atoms with Crippen LogP contribution in [0.25, 0.3) is 6.08 Å². The molecule has 3 rings (SSSR count). The van der Waals surface area contributed by atoms with Gasteiger partial charge in [0.25, 0.3) is 5.91 Å². The molecule has 1 N–H and O–H groups in total. The summed E-state index contributed by atoms with van der Waals surface area (Å²) < 4.78 is 5.58. The van der Waals surface area contributed by atoms with Crippen LogP contribution in [0.2, 0.25) is 5.02 Å². The Balaban J connectivity index is 1.80. The smallest absolute Gasteiger partial charge is 0.308 e. The van der Waals surface area contributed by atoms with Gasteiger partial charge < -0.3 is 14.7 Å². The molecule has 1 amide bonds. The fourth-order valence-corrected chi connectivity index (χ4v) is 3.11. The molecule has 1 saturated heterocycles. The van der Waals surface area contributed by atoms with E-state index in [1.807, 2.05) is 6.92 Å². The van der Waals surface area contributed by atoms with Crippen molar-refractivity contribution in [3.05, 3.63) is 34.4 Å². The van der Waals surface area contributed by atoms with E-state index in [1.165, 1.54) is 0 Å². The van der Waals surface area contributed by atoms with Crippen LogP contribution in [-0.4, -0.2) is 41.6 Å². The van der Waals surface area contributed by atoms with Gasteiger partial charge in [-0.1, -0.05) is 18.5 Å². The van der Waals surface area contributed by atoms with Crippen molar-refractivity contribution in [1.82, 2.24) is 4.90 Å². The van der Waals surface area contributed by atoms with Crippen LogP contribution >= 0.6 is 11.6 Å². The Kier molecular flexibility index (Phi) is 3.83. The number of ether oxygens (including phenoxy) is 1. The number of rotatable bonds is 2. The summed E-state index contributed by atoms with van der Waals surface area (Å²) in [7, 11) is 0. The summed E-state index contributed by atoms with van der Waals surface area (Å²) in [6.07, 6.45) is 1.77. The van der Waals surface area contributed by atoms with Crippen LogP contribution in [0, 0.1) is 11.8 Å². The van der Waals surface area contributed by atoms with Gasteiger partial charge in [-0.3, -0.25) is 9.59 Å². The molecule has 2 aliphatic rings. The van der Waals surface area contributed by atoms with Crippen molar-refractivity contribution >= 4 is 29.6 Å². The molecule has 1 fully saturated rings. The molecule has 6 heteroatoms. The first-order valence-electron chi connectivity index (χ1n) is 7.10. The quantitative estimate of drug-likeness (QED) is 0.907. The summed E-state index contributed by atoms with van der Waals surface area (Å²) in [6.45, 7) is 2.74. The number of likely N-dealkylation sites (tertiary alicyclic amines) is 1. The lowest BCUT2D eigenvalue weighted by Crippen LogP contribution is -2.33. The third kappa shape index (κ3) is 2.68. The fourth-order valence-electron chi connectivity index (χ4n) is 2.93. The maximum absolute atomic E-state index is 12.6. The van der Waals surface area contributed by atoms with Gasteiger partial charge in [0.15, 0.2) is 0 Å². The molecule has 0 saturated carbocycles. The third-order valence-corrected chi connectivity index (χ3v) is 4.41.